The molecule has 178 valence electrons. The molecule has 0 saturated heterocycles. The zero-order chi connectivity index (χ0) is 22.1. The average molecular weight is 423 g/mol. The number of allylic oxidation sites excluding steroid dienone is 2. The molecule has 0 bridgehead atoms. The van der Waals surface area contributed by atoms with Gasteiger partial charge in [0.05, 0.1) is 0 Å². The van der Waals surface area contributed by atoms with E-state index in [2.05, 4.69) is 43.4 Å². The first-order valence-electron chi connectivity index (χ1n) is 13.2. The second kappa shape index (κ2) is 24.4. The van der Waals surface area contributed by atoms with Gasteiger partial charge in [-0.05, 0) is 59.2 Å². The molecule has 0 rings (SSSR count). The van der Waals surface area contributed by atoms with Crippen molar-refractivity contribution in [1.29, 1.82) is 0 Å². The van der Waals surface area contributed by atoms with Crippen LogP contribution in [0.3, 0.4) is 0 Å². The maximum atomic E-state index is 11.7. The fourth-order valence-corrected chi connectivity index (χ4v) is 3.77. The second-order valence-electron chi connectivity index (χ2n) is 9.26. The van der Waals surface area contributed by atoms with Crippen molar-refractivity contribution < 1.29 is 4.79 Å². The lowest BCUT2D eigenvalue weighted by molar-refractivity contribution is -0.121. The summed E-state index contributed by atoms with van der Waals surface area (Å²) in [5.41, 5.74) is 0. The van der Waals surface area contributed by atoms with Crippen LogP contribution in [0.2, 0.25) is 0 Å². The number of hydrogen-bond acceptors (Lipinski definition) is 2. The van der Waals surface area contributed by atoms with Gasteiger partial charge in [-0.3, -0.25) is 4.79 Å². The van der Waals surface area contributed by atoms with E-state index in [4.69, 9.17) is 0 Å². The summed E-state index contributed by atoms with van der Waals surface area (Å²) in [6.45, 7) is 4.13. The lowest BCUT2D eigenvalue weighted by Gasteiger charge is -2.09. The molecule has 0 saturated carbocycles. The van der Waals surface area contributed by atoms with E-state index in [0.717, 1.165) is 25.9 Å². The molecule has 0 aromatic heterocycles. The Morgan fingerprint density at radius 2 is 1.13 bits per heavy atom. The Morgan fingerprint density at radius 1 is 0.667 bits per heavy atom. The van der Waals surface area contributed by atoms with E-state index in [-0.39, 0.29) is 5.91 Å². The third kappa shape index (κ3) is 25.2. The van der Waals surface area contributed by atoms with Gasteiger partial charge in [0.15, 0.2) is 0 Å². The highest BCUT2D eigenvalue weighted by Gasteiger charge is 2.00. The quantitative estimate of drug-likeness (QED) is 0.135. The number of nitrogens with one attached hydrogen (secondary N) is 1. The minimum absolute atomic E-state index is 0.231. The lowest BCUT2D eigenvalue weighted by atomic mass is 10.1. The van der Waals surface area contributed by atoms with Crippen LogP contribution in [0.1, 0.15) is 129 Å². The number of unbranched alkanes of at least 4 members (excludes halogenated alkanes) is 15. The van der Waals surface area contributed by atoms with E-state index in [1.54, 1.807) is 0 Å². The van der Waals surface area contributed by atoms with Gasteiger partial charge in [-0.1, -0.05) is 96.1 Å². The Morgan fingerprint density at radius 3 is 1.63 bits per heavy atom. The van der Waals surface area contributed by atoms with Gasteiger partial charge in [-0.15, -0.1) is 0 Å². The third-order valence-electron chi connectivity index (χ3n) is 5.77. The Balaban J connectivity index is 3.17. The Hall–Kier alpha value is -0.830. The molecule has 1 N–H and O–H groups in total. The van der Waals surface area contributed by atoms with Crippen LogP contribution < -0.4 is 5.32 Å². The predicted octanol–water partition coefficient (Wildman–Crippen LogP) is 7.65. The number of carbonyl (C=O) groups is 1. The first-order valence-corrected chi connectivity index (χ1v) is 13.2. The molecule has 0 aliphatic heterocycles. The molecule has 0 atom stereocenters. The molecule has 1 amide bonds. The SMILES string of the molecule is CCCCCCCCC=CCCCCCCCCCCCC(=O)NCCCN(C)C. The molecule has 3 heteroatoms. The number of carbonyl (C=O) groups excluding carboxylic acids is 1. The zero-order valence-corrected chi connectivity index (χ0v) is 20.9. The maximum absolute atomic E-state index is 11.7. The largest absolute Gasteiger partial charge is 0.356 e. The summed E-state index contributed by atoms with van der Waals surface area (Å²) >= 11 is 0. The van der Waals surface area contributed by atoms with Crippen molar-refractivity contribution >= 4 is 5.91 Å². The number of rotatable bonds is 23. The smallest absolute Gasteiger partial charge is 0.219 e. The number of hydrogen-bond donors (Lipinski definition) is 1. The van der Waals surface area contributed by atoms with Gasteiger partial charge in [0.25, 0.3) is 0 Å². The molecule has 0 spiro atoms. The van der Waals surface area contributed by atoms with Gasteiger partial charge in [-0.2, -0.15) is 0 Å². The van der Waals surface area contributed by atoms with E-state index in [1.807, 2.05) is 0 Å². The van der Waals surface area contributed by atoms with Crippen LogP contribution in [0.5, 0.6) is 0 Å². The van der Waals surface area contributed by atoms with Gasteiger partial charge >= 0.3 is 0 Å². The molecule has 30 heavy (non-hydrogen) atoms. The summed E-state index contributed by atoms with van der Waals surface area (Å²) in [6.07, 6.45) is 29.2. The highest BCUT2D eigenvalue weighted by molar-refractivity contribution is 5.75. The topological polar surface area (TPSA) is 32.3 Å². The average Bonchev–Trinajstić information content (AvgIpc) is 2.72. The van der Waals surface area contributed by atoms with Crippen molar-refractivity contribution in [1.82, 2.24) is 10.2 Å². The van der Waals surface area contributed by atoms with E-state index in [9.17, 15) is 4.79 Å². The summed E-state index contributed by atoms with van der Waals surface area (Å²) in [4.78, 5) is 13.9. The fraction of sp³-hybridized carbons (Fsp3) is 0.889. The van der Waals surface area contributed by atoms with Crippen LogP contribution >= 0.6 is 0 Å². The summed E-state index contributed by atoms with van der Waals surface area (Å²) in [7, 11) is 4.13. The first-order chi connectivity index (χ1) is 14.7. The van der Waals surface area contributed by atoms with Crippen LogP contribution in [0.15, 0.2) is 12.2 Å². The summed E-state index contributed by atoms with van der Waals surface area (Å²) in [6, 6.07) is 0. The van der Waals surface area contributed by atoms with E-state index >= 15 is 0 Å². The third-order valence-corrected chi connectivity index (χ3v) is 5.77. The predicted molar refractivity (Wildman–Crippen MR) is 134 cm³/mol. The first kappa shape index (κ1) is 29.2. The van der Waals surface area contributed by atoms with Gasteiger partial charge < -0.3 is 10.2 Å². The normalized spacial score (nSPS) is 11.6. The molecule has 0 aliphatic rings. The summed E-state index contributed by atoms with van der Waals surface area (Å²) in [5.74, 6) is 0.231. The van der Waals surface area contributed by atoms with Crippen molar-refractivity contribution in [3.05, 3.63) is 12.2 Å². The molecule has 0 radical (unpaired) electrons. The van der Waals surface area contributed by atoms with E-state index in [0.29, 0.717) is 6.42 Å². The van der Waals surface area contributed by atoms with Crippen molar-refractivity contribution in [2.45, 2.75) is 129 Å². The van der Waals surface area contributed by atoms with Crippen LogP contribution in [0, 0.1) is 0 Å². The standard InChI is InChI=1S/C27H54N2O/c1-4-5-6-7-8-9-10-11-12-13-14-15-16-17-18-19-20-21-22-24-27(30)28-25-23-26-29(2)3/h11-12H,4-10,13-26H2,1-3H3,(H,28,30). The van der Waals surface area contributed by atoms with Crippen molar-refractivity contribution in [3.8, 4) is 0 Å². The molecular weight excluding hydrogens is 368 g/mol. The molecule has 0 unspecified atom stereocenters. The highest BCUT2D eigenvalue weighted by Crippen LogP contribution is 2.12. The van der Waals surface area contributed by atoms with Crippen LogP contribution in [-0.2, 0) is 4.79 Å². The molecule has 3 nitrogen and oxygen atoms in total. The molecule has 0 aliphatic carbocycles. The van der Waals surface area contributed by atoms with Crippen molar-refractivity contribution in [2.24, 2.45) is 0 Å². The monoisotopic (exact) mass is 422 g/mol. The molecule has 0 aromatic rings. The van der Waals surface area contributed by atoms with E-state index in [1.165, 1.54) is 103 Å². The minimum Gasteiger partial charge on any atom is -0.356 e. The van der Waals surface area contributed by atoms with Crippen molar-refractivity contribution in [2.75, 3.05) is 27.2 Å². The van der Waals surface area contributed by atoms with Gasteiger partial charge in [-0.25, -0.2) is 0 Å². The Bertz CT molecular complexity index is 379. The van der Waals surface area contributed by atoms with Crippen LogP contribution in [0.25, 0.3) is 0 Å². The van der Waals surface area contributed by atoms with E-state index < -0.39 is 0 Å². The van der Waals surface area contributed by atoms with Gasteiger partial charge in [0.2, 0.25) is 5.91 Å². The fourth-order valence-electron chi connectivity index (χ4n) is 3.77. The Kier molecular flexibility index (Phi) is 23.8. The zero-order valence-electron chi connectivity index (χ0n) is 20.9. The minimum atomic E-state index is 0.231. The van der Waals surface area contributed by atoms with Crippen LogP contribution in [-0.4, -0.2) is 38.0 Å². The second-order valence-corrected chi connectivity index (χ2v) is 9.26. The lowest BCUT2D eigenvalue weighted by Crippen LogP contribution is -2.26. The summed E-state index contributed by atoms with van der Waals surface area (Å²) in [5, 5.41) is 3.03. The molecule has 0 heterocycles. The molecular formula is C27H54N2O. The number of nitrogens with zero attached hydrogens (tertiary/aromatic N) is 1. The molecule has 0 aromatic carbocycles. The van der Waals surface area contributed by atoms with Gasteiger partial charge in [0.1, 0.15) is 0 Å². The number of amides is 1. The van der Waals surface area contributed by atoms with Gasteiger partial charge in [0, 0.05) is 13.0 Å². The molecule has 0 fully saturated rings. The Labute approximate surface area is 189 Å². The summed E-state index contributed by atoms with van der Waals surface area (Å²) < 4.78 is 0. The van der Waals surface area contributed by atoms with Crippen molar-refractivity contribution in [3.63, 3.8) is 0 Å². The van der Waals surface area contributed by atoms with Crippen LogP contribution in [0.4, 0.5) is 0 Å². The highest BCUT2D eigenvalue weighted by atomic mass is 16.1. The maximum Gasteiger partial charge on any atom is 0.219 e.